The topological polar surface area (TPSA) is 55.2 Å². The standard InChI is InChI=1S/C10H12F2N2O2/c11-10(12)7-13-6-5-8-1-3-9(4-2-8)14(15)16/h1-4,10,13H,5-7H2. The molecule has 4 nitrogen and oxygen atoms in total. The van der Waals surface area contributed by atoms with Gasteiger partial charge in [-0.3, -0.25) is 10.1 Å². The fraction of sp³-hybridized carbons (Fsp3) is 0.400. The second-order valence-electron chi connectivity index (χ2n) is 3.27. The fourth-order valence-corrected chi connectivity index (χ4v) is 1.23. The summed E-state index contributed by atoms with van der Waals surface area (Å²) in [5, 5.41) is 12.9. The van der Waals surface area contributed by atoms with E-state index in [9.17, 15) is 18.9 Å². The van der Waals surface area contributed by atoms with Crippen molar-refractivity contribution in [2.24, 2.45) is 0 Å². The first-order valence-electron chi connectivity index (χ1n) is 4.82. The molecule has 0 amide bonds. The van der Waals surface area contributed by atoms with Crippen molar-refractivity contribution in [3.05, 3.63) is 39.9 Å². The van der Waals surface area contributed by atoms with E-state index in [4.69, 9.17) is 0 Å². The van der Waals surface area contributed by atoms with Crippen molar-refractivity contribution in [3.63, 3.8) is 0 Å². The molecule has 1 aromatic carbocycles. The number of alkyl halides is 2. The molecule has 0 aromatic heterocycles. The van der Waals surface area contributed by atoms with Gasteiger partial charge < -0.3 is 5.32 Å². The molecule has 88 valence electrons. The number of benzene rings is 1. The van der Waals surface area contributed by atoms with Crippen LogP contribution >= 0.6 is 0 Å². The Bertz CT molecular complexity index is 341. The summed E-state index contributed by atoms with van der Waals surface area (Å²) in [5.74, 6) is 0. The quantitative estimate of drug-likeness (QED) is 0.462. The summed E-state index contributed by atoms with van der Waals surface area (Å²) < 4.78 is 23.5. The fourth-order valence-electron chi connectivity index (χ4n) is 1.23. The van der Waals surface area contributed by atoms with Crippen molar-refractivity contribution >= 4 is 5.69 Å². The minimum absolute atomic E-state index is 0.0317. The van der Waals surface area contributed by atoms with E-state index in [1.54, 1.807) is 12.1 Å². The smallest absolute Gasteiger partial charge is 0.269 e. The Morgan fingerprint density at radius 2 is 1.94 bits per heavy atom. The SMILES string of the molecule is O=[N+]([O-])c1ccc(CCNCC(F)F)cc1. The molecule has 0 atom stereocenters. The summed E-state index contributed by atoms with van der Waals surface area (Å²) in [6.07, 6.45) is -1.78. The Morgan fingerprint density at radius 3 is 2.44 bits per heavy atom. The monoisotopic (exact) mass is 230 g/mol. The summed E-state index contributed by atoms with van der Waals surface area (Å²) in [5.41, 5.74) is 0.914. The first-order chi connectivity index (χ1) is 7.59. The van der Waals surface area contributed by atoms with Gasteiger partial charge in [0.15, 0.2) is 0 Å². The molecule has 1 rings (SSSR count). The molecule has 0 heterocycles. The van der Waals surface area contributed by atoms with Crippen molar-refractivity contribution in [1.82, 2.24) is 5.32 Å². The number of halogens is 2. The van der Waals surface area contributed by atoms with E-state index in [-0.39, 0.29) is 12.2 Å². The first-order valence-corrected chi connectivity index (χ1v) is 4.82. The third-order valence-electron chi connectivity index (χ3n) is 2.04. The highest BCUT2D eigenvalue weighted by Crippen LogP contribution is 2.11. The van der Waals surface area contributed by atoms with E-state index in [0.29, 0.717) is 13.0 Å². The lowest BCUT2D eigenvalue weighted by Crippen LogP contribution is -2.23. The lowest BCUT2D eigenvalue weighted by atomic mass is 10.1. The number of rotatable bonds is 6. The van der Waals surface area contributed by atoms with Crippen LogP contribution in [0.5, 0.6) is 0 Å². The maximum atomic E-state index is 11.8. The number of nitrogens with zero attached hydrogens (tertiary/aromatic N) is 1. The number of nitrogens with one attached hydrogen (secondary N) is 1. The minimum atomic E-state index is -2.35. The molecule has 1 aromatic rings. The number of hydrogen-bond donors (Lipinski definition) is 1. The second kappa shape index (κ2) is 6.12. The van der Waals surface area contributed by atoms with Gasteiger partial charge in [-0.1, -0.05) is 12.1 Å². The van der Waals surface area contributed by atoms with E-state index in [1.165, 1.54) is 12.1 Å². The van der Waals surface area contributed by atoms with Crippen LogP contribution in [0.1, 0.15) is 5.56 Å². The molecule has 0 fully saturated rings. The van der Waals surface area contributed by atoms with Crippen LogP contribution in [0.2, 0.25) is 0 Å². The van der Waals surface area contributed by atoms with Gasteiger partial charge in [0.1, 0.15) is 0 Å². The third kappa shape index (κ3) is 4.31. The van der Waals surface area contributed by atoms with Crippen molar-refractivity contribution in [3.8, 4) is 0 Å². The van der Waals surface area contributed by atoms with E-state index in [1.807, 2.05) is 0 Å². The van der Waals surface area contributed by atoms with Gasteiger partial charge >= 0.3 is 0 Å². The Morgan fingerprint density at radius 1 is 1.31 bits per heavy atom. The van der Waals surface area contributed by atoms with Crippen LogP contribution in [0.15, 0.2) is 24.3 Å². The summed E-state index contributed by atoms with van der Waals surface area (Å²) >= 11 is 0. The molecule has 0 aliphatic carbocycles. The maximum Gasteiger partial charge on any atom is 0.269 e. The van der Waals surface area contributed by atoms with Crippen molar-refractivity contribution in [2.75, 3.05) is 13.1 Å². The predicted molar refractivity (Wildman–Crippen MR) is 55.7 cm³/mol. The van der Waals surface area contributed by atoms with Gasteiger partial charge in [0.25, 0.3) is 12.1 Å². The van der Waals surface area contributed by atoms with Gasteiger partial charge in [0, 0.05) is 12.1 Å². The highest BCUT2D eigenvalue weighted by Gasteiger charge is 2.04. The molecular weight excluding hydrogens is 218 g/mol. The molecule has 0 aliphatic heterocycles. The van der Waals surface area contributed by atoms with Crippen molar-refractivity contribution < 1.29 is 13.7 Å². The lowest BCUT2D eigenvalue weighted by molar-refractivity contribution is -0.384. The van der Waals surface area contributed by atoms with Gasteiger partial charge in [0.2, 0.25) is 0 Å². The zero-order valence-electron chi connectivity index (χ0n) is 8.53. The van der Waals surface area contributed by atoms with Crippen LogP contribution < -0.4 is 5.32 Å². The molecule has 0 radical (unpaired) electrons. The van der Waals surface area contributed by atoms with Crippen molar-refractivity contribution in [1.29, 1.82) is 0 Å². The zero-order valence-corrected chi connectivity index (χ0v) is 8.53. The number of non-ortho nitro benzene ring substituents is 1. The average molecular weight is 230 g/mol. The van der Waals surface area contributed by atoms with Crippen LogP contribution in [0.4, 0.5) is 14.5 Å². The Labute approximate surface area is 91.4 Å². The summed E-state index contributed by atoms with van der Waals surface area (Å²) in [6, 6.07) is 6.06. The summed E-state index contributed by atoms with van der Waals surface area (Å²) in [6.45, 7) is 0.106. The van der Waals surface area contributed by atoms with E-state index >= 15 is 0 Å². The predicted octanol–water partition coefficient (Wildman–Crippen LogP) is 1.99. The van der Waals surface area contributed by atoms with Crippen LogP contribution in [0.25, 0.3) is 0 Å². The van der Waals surface area contributed by atoms with Crippen LogP contribution in [0, 0.1) is 10.1 Å². The van der Waals surface area contributed by atoms with E-state index in [2.05, 4.69) is 5.32 Å². The van der Waals surface area contributed by atoms with Crippen LogP contribution in [0.3, 0.4) is 0 Å². The first kappa shape index (κ1) is 12.5. The van der Waals surface area contributed by atoms with Gasteiger partial charge in [-0.25, -0.2) is 8.78 Å². The molecule has 0 unspecified atom stereocenters. The third-order valence-corrected chi connectivity index (χ3v) is 2.04. The molecule has 0 saturated carbocycles. The molecule has 0 bridgehead atoms. The highest BCUT2D eigenvalue weighted by molar-refractivity contribution is 5.32. The Kier molecular flexibility index (Phi) is 4.78. The van der Waals surface area contributed by atoms with Gasteiger partial charge in [-0.2, -0.15) is 0 Å². The van der Waals surface area contributed by atoms with Crippen LogP contribution in [-0.2, 0) is 6.42 Å². The van der Waals surface area contributed by atoms with Gasteiger partial charge in [-0.15, -0.1) is 0 Å². The Balaban J connectivity index is 2.35. The number of nitro groups is 1. The zero-order chi connectivity index (χ0) is 12.0. The Hall–Kier alpha value is -1.56. The maximum absolute atomic E-state index is 11.8. The minimum Gasteiger partial charge on any atom is -0.311 e. The molecule has 0 spiro atoms. The van der Waals surface area contributed by atoms with E-state index in [0.717, 1.165) is 5.56 Å². The summed E-state index contributed by atoms with van der Waals surface area (Å²) in [7, 11) is 0. The number of nitro benzene ring substituents is 1. The second-order valence-corrected chi connectivity index (χ2v) is 3.27. The molecule has 16 heavy (non-hydrogen) atoms. The molecule has 1 N–H and O–H groups in total. The van der Waals surface area contributed by atoms with Gasteiger partial charge in [-0.05, 0) is 18.5 Å². The largest absolute Gasteiger partial charge is 0.311 e. The molecular formula is C10H12F2N2O2. The molecule has 6 heteroatoms. The van der Waals surface area contributed by atoms with Gasteiger partial charge in [0.05, 0.1) is 11.5 Å². The normalized spacial score (nSPS) is 10.7. The summed E-state index contributed by atoms with van der Waals surface area (Å²) in [4.78, 5) is 9.88. The molecule has 0 saturated heterocycles. The lowest BCUT2D eigenvalue weighted by Gasteiger charge is -2.03. The number of hydrogen-bond acceptors (Lipinski definition) is 3. The van der Waals surface area contributed by atoms with E-state index < -0.39 is 11.3 Å². The highest BCUT2D eigenvalue weighted by atomic mass is 19.3. The molecule has 0 aliphatic rings. The average Bonchev–Trinajstić information content (AvgIpc) is 2.25. The van der Waals surface area contributed by atoms with Crippen LogP contribution in [-0.4, -0.2) is 24.4 Å². The van der Waals surface area contributed by atoms with Crippen molar-refractivity contribution in [2.45, 2.75) is 12.8 Å².